The van der Waals surface area contributed by atoms with Gasteiger partial charge in [-0.2, -0.15) is 0 Å². The van der Waals surface area contributed by atoms with Crippen LogP contribution in [0.25, 0.3) is 0 Å². The van der Waals surface area contributed by atoms with E-state index in [-0.39, 0.29) is 19.6 Å². The van der Waals surface area contributed by atoms with E-state index in [1.807, 2.05) is 36.4 Å². The number of esters is 4. The van der Waals surface area contributed by atoms with Gasteiger partial charge in [-0.1, -0.05) is 60.7 Å². The maximum Gasteiger partial charge on any atom is 0.347 e. The van der Waals surface area contributed by atoms with Crippen LogP contribution in [0, 0.1) is 0 Å². The fourth-order valence-electron chi connectivity index (χ4n) is 3.36. The van der Waals surface area contributed by atoms with E-state index >= 15 is 0 Å². The normalized spacial score (nSPS) is 14.3. The Morgan fingerprint density at radius 1 is 0.667 bits per heavy atom. The Morgan fingerprint density at radius 3 is 1.71 bits per heavy atom. The van der Waals surface area contributed by atoms with Crippen molar-refractivity contribution in [3.8, 4) is 0 Å². The van der Waals surface area contributed by atoms with Crippen LogP contribution in [0.4, 0.5) is 0 Å². The zero-order chi connectivity index (χ0) is 31.1. The number of amides is 1. The average Bonchev–Trinajstić information content (AvgIpc) is 2.97. The Bertz CT molecular complexity index is 1170. The molecule has 12 heteroatoms. The molecule has 0 saturated carbocycles. The molecule has 5 atom stereocenters. The molecule has 0 aliphatic rings. The highest BCUT2D eigenvalue weighted by molar-refractivity contribution is 5.89. The van der Waals surface area contributed by atoms with Gasteiger partial charge in [0.1, 0.15) is 18.8 Å². The Labute approximate surface area is 244 Å². The molecule has 5 unspecified atom stereocenters. The van der Waals surface area contributed by atoms with Crippen molar-refractivity contribution in [1.82, 2.24) is 5.32 Å². The van der Waals surface area contributed by atoms with E-state index in [1.165, 1.54) is 27.7 Å². The number of carbonyl (C=O) groups excluding carboxylic acids is 5. The molecule has 2 aromatic carbocycles. The topological polar surface area (TPSA) is 164 Å². The number of aliphatic hydroxyl groups excluding tert-OH is 1. The molecule has 0 radical (unpaired) electrons. The van der Waals surface area contributed by atoms with E-state index in [0.29, 0.717) is 6.61 Å². The molecule has 1 amide bonds. The summed E-state index contributed by atoms with van der Waals surface area (Å²) in [6.45, 7) is 5.34. The highest BCUT2D eigenvalue weighted by Gasteiger charge is 2.30. The third kappa shape index (κ3) is 12.1. The highest BCUT2D eigenvalue weighted by atomic mass is 16.6. The molecule has 2 N–H and O–H groups in total. The molecular formula is C30H37NO11. The summed E-state index contributed by atoms with van der Waals surface area (Å²) in [6.07, 6.45) is -5.52. The molecule has 12 nitrogen and oxygen atoms in total. The molecule has 0 aromatic heterocycles. The zero-order valence-corrected chi connectivity index (χ0v) is 24.0. The Morgan fingerprint density at radius 2 is 1.17 bits per heavy atom. The van der Waals surface area contributed by atoms with Gasteiger partial charge in [-0.05, 0) is 38.8 Å². The molecule has 42 heavy (non-hydrogen) atoms. The van der Waals surface area contributed by atoms with E-state index in [9.17, 15) is 29.1 Å². The quantitative estimate of drug-likeness (QED) is 0.167. The molecule has 0 fully saturated rings. The standard InChI is InChI=1S/C30H37NO11/c1-19(32)27(34)41-21(3)29(36)42-22(4)28(35)40-20(2)26(33)31-25(17-23-11-7-5-8-12-23)30(37)39-16-15-38-18-24-13-9-6-10-14-24/h5-14,19-22,25,32H,15-18H2,1-4H3,(H,31,33). The fraction of sp³-hybridized carbons (Fsp3) is 0.433. The van der Waals surface area contributed by atoms with Crippen LogP contribution < -0.4 is 5.32 Å². The van der Waals surface area contributed by atoms with Crippen LogP contribution in [-0.2, 0) is 60.7 Å². The van der Waals surface area contributed by atoms with Crippen molar-refractivity contribution in [2.75, 3.05) is 13.2 Å². The van der Waals surface area contributed by atoms with Crippen molar-refractivity contribution in [3.05, 3.63) is 71.8 Å². The minimum atomic E-state index is -1.45. The second-order valence-corrected chi connectivity index (χ2v) is 9.37. The first-order valence-electron chi connectivity index (χ1n) is 13.4. The van der Waals surface area contributed by atoms with E-state index in [1.54, 1.807) is 24.3 Å². The van der Waals surface area contributed by atoms with E-state index in [4.69, 9.17) is 23.7 Å². The summed E-state index contributed by atoms with van der Waals surface area (Å²) in [4.78, 5) is 61.7. The number of ether oxygens (including phenoxy) is 5. The van der Waals surface area contributed by atoms with Gasteiger partial charge in [0.2, 0.25) is 0 Å². The largest absolute Gasteiger partial charge is 0.462 e. The monoisotopic (exact) mass is 587 g/mol. The second kappa shape index (κ2) is 17.5. The van der Waals surface area contributed by atoms with Crippen molar-refractivity contribution in [2.24, 2.45) is 0 Å². The van der Waals surface area contributed by atoms with Gasteiger partial charge in [0, 0.05) is 6.42 Å². The van der Waals surface area contributed by atoms with E-state index in [2.05, 4.69) is 5.32 Å². The van der Waals surface area contributed by atoms with Gasteiger partial charge >= 0.3 is 23.9 Å². The lowest BCUT2D eigenvalue weighted by Crippen LogP contribution is -2.48. The van der Waals surface area contributed by atoms with Crippen LogP contribution in [0.15, 0.2) is 60.7 Å². The van der Waals surface area contributed by atoms with Crippen molar-refractivity contribution >= 4 is 29.8 Å². The smallest absolute Gasteiger partial charge is 0.347 e. The zero-order valence-electron chi connectivity index (χ0n) is 24.0. The Kier molecular flexibility index (Phi) is 14.1. The Hall–Kier alpha value is -4.29. The summed E-state index contributed by atoms with van der Waals surface area (Å²) in [6, 6.07) is 17.4. The van der Waals surface area contributed by atoms with Gasteiger partial charge in [0.15, 0.2) is 18.3 Å². The SMILES string of the molecule is CC(O)C(=O)OC(C)C(=O)OC(C)C(=O)OC(C)C(=O)NC(Cc1ccccc1)C(=O)OCCOCc1ccccc1. The summed E-state index contributed by atoms with van der Waals surface area (Å²) in [5.41, 5.74) is 1.73. The summed E-state index contributed by atoms with van der Waals surface area (Å²) in [7, 11) is 0. The van der Waals surface area contributed by atoms with Gasteiger partial charge < -0.3 is 34.1 Å². The Balaban J connectivity index is 1.89. The number of hydrogen-bond donors (Lipinski definition) is 2. The maximum atomic E-state index is 12.9. The molecule has 0 saturated heterocycles. The van der Waals surface area contributed by atoms with Gasteiger partial charge in [-0.3, -0.25) is 4.79 Å². The molecule has 2 aromatic rings. The molecule has 2 rings (SSSR count). The molecular weight excluding hydrogens is 550 g/mol. The molecule has 0 aliphatic carbocycles. The van der Waals surface area contributed by atoms with Crippen molar-refractivity contribution in [3.63, 3.8) is 0 Å². The number of nitrogens with one attached hydrogen (secondary N) is 1. The number of carbonyl (C=O) groups is 5. The van der Waals surface area contributed by atoms with Gasteiger partial charge in [0.25, 0.3) is 5.91 Å². The molecule has 0 heterocycles. The molecule has 228 valence electrons. The van der Waals surface area contributed by atoms with Gasteiger partial charge in [-0.25, -0.2) is 19.2 Å². The molecule has 0 bridgehead atoms. The first-order chi connectivity index (χ1) is 20.0. The first kappa shape index (κ1) is 33.9. The first-order valence-corrected chi connectivity index (χ1v) is 13.4. The van der Waals surface area contributed by atoms with Crippen LogP contribution >= 0.6 is 0 Å². The number of rotatable bonds is 16. The maximum absolute atomic E-state index is 12.9. The summed E-state index contributed by atoms with van der Waals surface area (Å²) in [5.74, 6) is -4.61. The van der Waals surface area contributed by atoms with Gasteiger partial charge in [0.05, 0.1) is 13.2 Å². The van der Waals surface area contributed by atoms with Crippen molar-refractivity contribution in [2.45, 2.75) is 71.2 Å². The molecule has 0 spiro atoms. The third-order valence-electron chi connectivity index (χ3n) is 5.72. The van der Waals surface area contributed by atoms with Crippen LogP contribution in [0.3, 0.4) is 0 Å². The summed E-state index contributed by atoms with van der Waals surface area (Å²) < 4.78 is 25.6. The predicted octanol–water partition coefficient (Wildman–Crippen LogP) is 1.65. The van der Waals surface area contributed by atoms with E-state index < -0.39 is 60.2 Å². The minimum absolute atomic E-state index is 0.0365. The second-order valence-electron chi connectivity index (χ2n) is 9.37. The van der Waals surface area contributed by atoms with E-state index in [0.717, 1.165) is 11.1 Å². The minimum Gasteiger partial charge on any atom is -0.462 e. The third-order valence-corrected chi connectivity index (χ3v) is 5.72. The predicted molar refractivity (Wildman–Crippen MR) is 147 cm³/mol. The molecule has 0 aliphatic heterocycles. The number of hydrogen-bond acceptors (Lipinski definition) is 11. The van der Waals surface area contributed by atoms with Crippen molar-refractivity contribution in [1.29, 1.82) is 0 Å². The lowest BCUT2D eigenvalue weighted by molar-refractivity contribution is -0.181. The van der Waals surface area contributed by atoms with Crippen molar-refractivity contribution < 1.29 is 52.8 Å². The average molecular weight is 588 g/mol. The highest BCUT2D eigenvalue weighted by Crippen LogP contribution is 2.08. The van der Waals surface area contributed by atoms with Crippen LogP contribution in [-0.4, -0.2) is 78.6 Å². The summed E-state index contributed by atoms with van der Waals surface area (Å²) in [5, 5.41) is 11.7. The fourth-order valence-corrected chi connectivity index (χ4v) is 3.36. The van der Waals surface area contributed by atoms with Gasteiger partial charge in [-0.15, -0.1) is 0 Å². The summed E-state index contributed by atoms with van der Waals surface area (Å²) >= 11 is 0. The number of benzene rings is 2. The lowest BCUT2D eigenvalue weighted by Gasteiger charge is -2.22. The van der Waals surface area contributed by atoms with Crippen LogP contribution in [0.5, 0.6) is 0 Å². The van der Waals surface area contributed by atoms with Crippen LogP contribution in [0.2, 0.25) is 0 Å². The lowest BCUT2D eigenvalue weighted by atomic mass is 10.1. The number of aliphatic hydroxyl groups is 1. The van der Waals surface area contributed by atoms with Crippen LogP contribution in [0.1, 0.15) is 38.8 Å².